The van der Waals surface area contributed by atoms with E-state index in [1.165, 1.54) is 13.2 Å². The van der Waals surface area contributed by atoms with E-state index < -0.39 is 0 Å². The van der Waals surface area contributed by atoms with E-state index in [4.69, 9.17) is 14.3 Å². The van der Waals surface area contributed by atoms with Crippen LogP contribution in [-0.4, -0.2) is 30.5 Å². The summed E-state index contributed by atoms with van der Waals surface area (Å²) in [6.07, 6.45) is 0. The summed E-state index contributed by atoms with van der Waals surface area (Å²) < 4.78 is 10.2. The number of oxime groups is 1. The van der Waals surface area contributed by atoms with Gasteiger partial charge in [-0.15, -0.1) is 0 Å². The summed E-state index contributed by atoms with van der Waals surface area (Å²) in [7, 11) is 1.48. The number of phenolic OH excluding ortho intramolecular Hbond substituents is 1. The lowest BCUT2D eigenvalue weighted by atomic mass is 10.1. The van der Waals surface area contributed by atoms with E-state index in [1.807, 2.05) is 6.07 Å². The van der Waals surface area contributed by atoms with Crippen molar-refractivity contribution in [3.63, 3.8) is 0 Å². The molecule has 6 nitrogen and oxygen atoms in total. The zero-order valence-electron chi connectivity index (χ0n) is 14.5. The molecular formula is C19H21NO5. The second kappa shape index (κ2) is 8.73. The van der Waals surface area contributed by atoms with E-state index in [-0.39, 0.29) is 18.3 Å². The van der Waals surface area contributed by atoms with Gasteiger partial charge >= 0.3 is 5.97 Å². The number of carbonyl (C=O) groups excluding carboxylic acids is 1. The van der Waals surface area contributed by atoms with Crippen LogP contribution in [0.2, 0.25) is 0 Å². The molecule has 0 heterocycles. The number of esters is 1. The molecule has 0 saturated heterocycles. The Balaban J connectivity index is 2.07. The first kappa shape index (κ1) is 18.3. The molecule has 0 aliphatic heterocycles. The van der Waals surface area contributed by atoms with Crippen LogP contribution >= 0.6 is 0 Å². The molecule has 2 aromatic carbocycles. The Morgan fingerprint density at radius 3 is 2.68 bits per heavy atom. The molecule has 0 spiro atoms. The molecule has 0 radical (unpaired) electrons. The number of benzene rings is 2. The molecule has 0 bridgehead atoms. The zero-order chi connectivity index (χ0) is 18.2. The standard InChI is InChI=1S/C19H21NO5/c1-4-24-19(22)15-8-5-7-14(11-15)12-25-20-13(2)16-9-6-10-17(21)18(16)23-3/h5-11,21H,4,12H2,1-3H3/b20-13+. The average molecular weight is 343 g/mol. The van der Waals surface area contributed by atoms with Gasteiger partial charge in [0.15, 0.2) is 11.5 Å². The maximum absolute atomic E-state index is 11.7. The van der Waals surface area contributed by atoms with Crippen molar-refractivity contribution in [3.05, 3.63) is 59.2 Å². The number of hydrogen-bond donors (Lipinski definition) is 1. The maximum Gasteiger partial charge on any atom is 0.338 e. The number of carbonyl (C=O) groups is 1. The summed E-state index contributed by atoms with van der Waals surface area (Å²) in [6, 6.07) is 12.0. The van der Waals surface area contributed by atoms with Crippen molar-refractivity contribution in [2.45, 2.75) is 20.5 Å². The van der Waals surface area contributed by atoms with Gasteiger partial charge in [-0.3, -0.25) is 0 Å². The SMILES string of the molecule is CCOC(=O)c1cccc(CO/N=C(\C)c2cccc(O)c2OC)c1. The van der Waals surface area contributed by atoms with Crippen LogP contribution in [0.1, 0.15) is 35.3 Å². The van der Waals surface area contributed by atoms with E-state index in [0.29, 0.717) is 29.2 Å². The molecule has 0 unspecified atom stereocenters. The Bertz CT molecular complexity index is 770. The fourth-order valence-corrected chi connectivity index (χ4v) is 2.28. The molecule has 0 aliphatic rings. The molecule has 2 rings (SSSR count). The summed E-state index contributed by atoms with van der Waals surface area (Å²) in [5.74, 6) is 0.0156. The van der Waals surface area contributed by atoms with Crippen LogP contribution in [0.3, 0.4) is 0 Å². The minimum Gasteiger partial charge on any atom is -0.504 e. The van der Waals surface area contributed by atoms with Gasteiger partial charge < -0.3 is 19.4 Å². The van der Waals surface area contributed by atoms with Crippen LogP contribution < -0.4 is 4.74 Å². The molecule has 0 fully saturated rings. The predicted octanol–water partition coefficient (Wildman–Crippen LogP) is 3.52. The summed E-state index contributed by atoms with van der Waals surface area (Å²) in [6.45, 7) is 4.05. The van der Waals surface area contributed by atoms with E-state index in [1.54, 1.807) is 44.2 Å². The number of aromatic hydroxyl groups is 1. The quantitative estimate of drug-likeness (QED) is 0.473. The van der Waals surface area contributed by atoms with Crippen molar-refractivity contribution < 1.29 is 24.2 Å². The number of hydrogen-bond acceptors (Lipinski definition) is 6. The molecule has 0 atom stereocenters. The smallest absolute Gasteiger partial charge is 0.338 e. The van der Waals surface area contributed by atoms with Crippen molar-refractivity contribution in [1.82, 2.24) is 0 Å². The summed E-state index contributed by atoms with van der Waals surface area (Å²) >= 11 is 0. The lowest BCUT2D eigenvalue weighted by molar-refractivity contribution is 0.0526. The van der Waals surface area contributed by atoms with E-state index in [0.717, 1.165) is 5.56 Å². The Hall–Kier alpha value is -3.02. The van der Waals surface area contributed by atoms with Crippen molar-refractivity contribution in [2.75, 3.05) is 13.7 Å². The highest BCUT2D eigenvalue weighted by molar-refractivity contribution is 6.01. The van der Waals surface area contributed by atoms with Gasteiger partial charge in [0.2, 0.25) is 0 Å². The summed E-state index contributed by atoms with van der Waals surface area (Å²) in [5, 5.41) is 13.9. The van der Waals surface area contributed by atoms with Gasteiger partial charge in [0, 0.05) is 5.56 Å². The second-order valence-corrected chi connectivity index (χ2v) is 5.23. The number of rotatable bonds is 7. The van der Waals surface area contributed by atoms with Crippen molar-refractivity contribution in [2.24, 2.45) is 5.16 Å². The van der Waals surface area contributed by atoms with E-state index >= 15 is 0 Å². The largest absolute Gasteiger partial charge is 0.504 e. The Morgan fingerprint density at radius 1 is 1.20 bits per heavy atom. The van der Waals surface area contributed by atoms with Crippen LogP contribution in [-0.2, 0) is 16.2 Å². The zero-order valence-corrected chi connectivity index (χ0v) is 14.5. The number of nitrogens with zero attached hydrogens (tertiary/aromatic N) is 1. The molecule has 132 valence electrons. The molecule has 6 heteroatoms. The van der Waals surface area contributed by atoms with Crippen LogP contribution in [0.5, 0.6) is 11.5 Å². The Morgan fingerprint density at radius 2 is 1.96 bits per heavy atom. The van der Waals surface area contributed by atoms with E-state index in [2.05, 4.69) is 5.16 Å². The van der Waals surface area contributed by atoms with Crippen LogP contribution in [0.15, 0.2) is 47.6 Å². The highest BCUT2D eigenvalue weighted by Gasteiger charge is 2.11. The Labute approximate surface area is 146 Å². The lowest BCUT2D eigenvalue weighted by Crippen LogP contribution is -2.05. The minimum absolute atomic E-state index is 0.0386. The molecule has 0 aromatic heterocycles. The number of phenols is 1. The molecule has 2 aromatic rings. The monoisotopic (exact) mass is 343 g/mol. The molecule has 0 aliphatic carbocycles. The first-order valence-electron chi connectivity index (χ1n) is 7.85. The molecule has 25 heavy (non-hydrogen) atoms. The number of ether oxygens (including phenoxy) is 2. The van der Waals surface area contributed by atoms with Gasteiger partial charge in [-0.2, -0.15) is 0 Å². The number of para-hydroxylation sites is 1. The van der Waals surface area contributed by atoms with Gasteiger partial charge in [-0.25, -0.2) is 4.79 Å². The van der Waals surface area contributed by atoms with Crippen LogP contribution in [0.4, 0.5) is 0 Å². The first-order valence-corrected chi connectivity index (χ1v) is 7.85. The number of methoxy groups -OCH3 is 1. The first-order chi connectivity index (χ1) is 12.1. The lowest BCUT2D eigenvalue weighted by Gasteiger charge is -2.09. The van der Waals surface area contributed by atoms with Gasteiger partial charge in [-0.1, -0.05) is 23.4 Å². The third-order valence-electron chi connectivity index (χ3n) is 3.46. The fraction of sp³-hybridized carbons (Fsp3) is 0.263. The molecule has 0 amide bonds. The third-order valence-corrected chi connectivity index (χ3v) is 3.46. The molecular weight excluding hydrogens is 322 g/mol. The fourth-order valence-electron chi connectivity index (χ4n) is 2.28. The van der Waals surface area contributed by atoms with E-state index in [9.17, 15) is 9.90 Å². The van der Waals surface area contributed by atoms with Gasteiger partial charge in [0.05, 0.1) is 25.0 Å². The van der Waals surface area contributed by atoms with Crippen molar-refractivity contribution in [1.29, 1.82) is 0 Å². The van der Waals surface area contributed by atoms with Crippen LogP contribution in [0.25, 0.3) is 0 Å². The van der Waals surface area contributed by atoms with Gasteiger partial charge in [0.1, 0.15) is 6.61 Å². The third kappa shape index (κ3) is 4.73. The molecule has 0 saturated carbocycles. The normalized spacial score (nSPS) is 11.1. The van der Waals surface area contributed by atoms with Crippen molar-refractivity contribution in [3.8, 4) is 11.5 Å². The average Bonchev–Trinajstić information content (AvgIpc) is 2.62. The van der Waals surface area contributed by atoms with Crippen LogP contribution in [0, 0.1) is 0 Å². The second-order valence-electron chi connectivity index (χ2n) is 5.23. The minimum atomic E-state index is -0.367. The summed E-state index contributed by atoms with van der Waals surface area (Å²) in [4.78, 5) is 17.1. The Kier molecular flexibility index (Phi) is 6.39. The summed E-state index contributed by atoms with van der Waals surface area (Å²) in [5.41, 5.74) is 2.47. The molecule has 1 N–H and O–H groups in total. The highest BCUT2D eigenvalue weighted by atomic mass is 16.6. The van der Waals surface area contributed by atoms with Gasteiger partial charge in [-0.05, 0) is 43.7 Å². The topological polar surface area (TPSA) is 77.4 Å². The van der Waals surface area contributed by atoms with Crippen molar-refractivity contribution >= 4 is 11.7 Å². The highest BCUT2D eigenvalue weighted by Crippen LogP contribution is 2.30. The predicted molar refractivity (Wildman–Crippen MR) is 94.1 cm³/mol. The maximum atomic E-state index is 11.7. The van der Waals surface area contributed by atoms with Gasteiger partial charge in [0.25, 0.3) is 0 Å².